The molecular formula is C13H15BrClFN2O2. The SMILES string of the molecule is Cl.O=C(c1ccc(F)cc1Br)N1CCO[C@H]2CNC[C@H]21. The van der Waals surface area contributed by atoms with Crippen LogP contribution in [-0.2, 0) is 4.74 Å². The predicted molar refractivity (Wildman–Crippen MR) is 78.8 cm³/mol. The Kier molecular flexibility index (Phi) is 5.01. The summed E-state index contributed by atoms with van der Waals surface area (Å²) in [5.41, 5.74) is 0.494. The summed E-state index contributed by atoms with van der Waals surface area (Å²) in [6, 6.07) is 4.22. The van der Waals surface area contributed by atoms with Gasteiger partial charge in [-0.3, -0.25) is 4.79 Å². The van der Waals surface area contributed by atoms with Crippen molar-refractivity contribution < 1.29 is 13.9 Å². The van der Waals surface area contributed by atoms with Crippen LogP contribution in [-0.4, -0.2) is 49.2 Å². The van der Waals surface area contributed by atoms with Gasteiger partial charge in [0.05, 0.1) is 24.3 Å². The second-order valence-corrected chi connectivity index (χ2v) is 5.61. The molecule has 2 atom stereocenters. The Morgan fingerprint density at radius 3 is 3.00 bits per heavy atom. The number of halogens is 3. The molecule has 0 radical (unpaired) electrons. The van der Waals surface area contributed by atoms with E-state index < -0.39 is 0 Å². The van der Waals surface area contributed by atoms with E-state index in [-0.39, 0.29) is 36.3 Å². The van der Waals surface area contributed by atoms with Crippen molar-refractivity contribution in [2.45, 2.75) is 12.1 Å². The maximum atomic E-state index is 13.1. The largest absolute Gasteiger partial charge is 0.373 e. The van der Waals surface area contributed by atoms with Crippen LogP contribution < -0.4 is 5.32 Å². The molecule has 0 aliphatic carbocycles. The number of fused-ring (bicyclic) bond motifs is 1. The van der Waals surface area contributed by atoms with Gasteiger partial charge in [-0.05, 0) is 34.1 Å². The summed E-state index contributed by atoms with van der Waals surface area (Å²) in [5, 5.41) is 3.23. The predicted octanol–water partition coefficient (Wildman–Crippen LogP) is 1.82. The van der Waals surface area contributed by atoms with Gasteiger partial charge in [0, 0.05) is 24.1 Å². The van der Waals surface area contributed by atoms with Crippen LogP contribution in [0.2, 0.25) is 0 Å². The maximum Gasteiger partial charge on any atom is 0.255 e. The molecule has 0 bridgehead atoms. The Morgan fingerprint density at radius 1 is 1.45 bits per heavy atom. The molecule has 2 saturated heterocycles. The molecule has 1 amide bonds. The quantitative estimate of drug-likeness (QED) is 0.825. The lowest BCUT2D eigenvalue weighted by atomic mass is 10.1. The van der Waals surface area contributed by atoms with Crippen LogP contribution in [0, 0.1) is 5.82 Å². The summed E-state index contributed by atoms with van der Waals surface area (Å²) in [6.45, 7) is 2.65. The van der Waals surface area contributed by atoms with Crippen LogP contribution in [0.15, 0.2) is 22.7 Å². The third-order valence-electron chi connectivity index (χ3n) is 3.62. The molecule has 7 heteroatoms. The number of carbonyl (C=O) groups excluding carboxylic acids is 1. The average molecular weight is 366 g/mol. The Labute approximate surface area is 131 Å². The first-order chi connectivity index (χ1) is 9.16. The minimum Gasteiger partial charge on any atom is -0.373 e. The van der Waals surface area contributed by atoms with Gasteiger partial charge in [0.15, 0.2) is 0 Å². The number of rotatable bonds is 1. The van der Waals surface area contributed by atoms with E-state index in [9.17, 15) is 9.18 Å². The molecule has 2 aliphatic rings. The molecule has 1 N–H and O–H groups in total. The van der Waals surface area contributed by atoms with Crippen molar-refractivity contribution in [1.82, 2.24) is 10.2 Å². The highest BCUT2D eigenvalue weighted by molar-refractivity contribution is 9.10. The molecule has 2 heterocycles. The van der Waals surface area contributed by atoms with Crippen molar-refractivity contribution in [3.05, 3.63) is 34.1 Å². The lowest BCUT2D eigenvalue weighted by molar-refractivity contribution is -0.0365. The molecule has 2 fully saturated rings. The first-order valence-corrected chi connectivity index (χ1v) is 7.04. The van der Waals surface area contributed by atoms with Crippen molar-refractivity contribution >= 4 is 34.2 Å². The number of nitrogens with one attached hydrogen (secondary N) is 1. The first kappa shape index (κ1) is 15.7. The second-order valence-electron chi connectivity index (χ2n) is 4.76. The zero-order valence-electron chi connectivity index (χ0n) is 10.6. The van der Waals surface area contributed by atoms with E-state index in [4.69, 9.17) is 4.74 Å². The topological polar surface area (TPSA) is 41.6 Å². The summed E-state index contributed by atoms with van der Waals surface area (Å²) in [7, 11) is 0. The fourth-order valence-electron chi connectivity index (χ4n) is 2.66. The number of carbonyl (C=O) groups is 1. The number of nitrogens with zero attached hydrogens (tertiary/aromatic N) is 1. The molecule has 1 aromatic rings. The molecule has 0 saturated carbocycles. The second kappa shape index (κ2) is 6.39. The third-order valence-corrected chi connectivity index (χ3v) is 4.27. The molecule has 2 aliphatic heterocycles. The van der Waals surface area contributed by atoms with E-state index in [0.717, 1.165) is 13.1 Å². The fraction of sp³-hybridized carbons (Fsp3) is 0.462. The van der Waals surface area contributed by atoms with Gasteiger partial charge in [0.1, 0.15) is 5.82 Å². The van der Waals surface area contributed by atoms with Gasteiger partial charge in [-0.2, -0.15) is 0 Å². The van der Waals surface area contributed by atoms with Gasteiger partial charge in [0.25, 0.3) is 5.91 Å². The minimum absolute atomic E-state index is 0. The van der Waals surface area contributed by atoms with Crippen molar-refractivity contribution in [3.63, 3.8) is 0 Å². The van der Waals surface area contributed by atoms with E-state index in [1.54, 1.807) is 0 Å². The Bertz CT molecular complexity index is 517. The van der Waals surface area contributed by atoms with E-state index in [0.29, 0.717) is 23.2 Å². The summed E-state index contributed by atoms with van der Waals surface area (Å²) < 4.78 is 19.2. The van der Waals surface area contributed by atoms with E-state index >= 15 is 0 Å². The van der Waals surface area contributed by atoms with Crippen LogP contribution in [0.5, 0.6) is 0 Å². The van der Waals surface area contributed by atoms with Gasteiger partial charge in [-0.25, -0.2) is 4.39 Å². The maximum absolute atomic E-state index is 13.1. The molecule has 110 valence electrons. The lowest BCUT2D eigenvalue weighted by Gasteiger charge is -2.37. The lowest BCUT2D eigenvalue weighted by Crippen LogP contribution is -2.53. The molecule has 20 heavy (non-hydrogen) atoms. The number of amides is 1. The van der Waals surface area contributed by atoms with Gasteiger partial charge in [-0.1, -0.05) is 0 Å². The zero-order chi connectivity index (χ0) is 13.4. The molecule has 3 rings (SSSR count). The average Bonchev–Trinajstić information content (AvgIpc) is 2.86. The van der Waals surface area contributed by atoms with Crippen LogP contribution in [0.25, 0.3) is 0 Å². The molecule has 1 aromatic carbocycles. The Morgan fingerprint density at radius 2 is 2.25 bits per heavy atom. The van der Waals surface area contributed by atoms with Crippen molar-refractivity contribution in [2.24, 2.45) is 0 Å². The van der Waals surface area contributed by atoms with E-state index in [1.807, 2.05) is 4.90 Å². The van der Waals surface area contributed by atoms with Crippen LogP contribution >= 0.6 is 28.3 Å². The smallest absolute Gasteiger partial charge is 0.255 e. The van der Waals surface area contributed by atoms with E-state index in [2.05, 4.69) is 21.2 Å². The zero-order valence-corrected chi connectivity index (χ0v) is 13.0. The molecule has 0 unspecified atom stereocenters. The van der Waals surface area contributed by atoms with Crippen LogP contribution in [0.3, 0.4) is 0 Å². The molecule has 0 aromatic heterocycles. The third kappa shape index (κ3) is 2.83. The van der Waals surface area contributed by atoms with Gasteiger partial charge >= 0.3 is 0 Å². The summed E-state index contributed by atoms with van der Waals surface area (Å²) in [5.74, 6) is -0.431. The highest BCUT2D eigenvalue weighted by atomic mass is 79.9. The number of hydrogen-bond donors (Lipinski definition) is 1. The Hall–Kier alpha value is -0.690. The van der Waals surface area contributed by atoms with Crippen molar-refractivity contribution in [1.29, 1.82) is 0 Å². The summed E-state index contributed by atoms with van der Waals surface area (Å²) in [4.78, 5) is 14.4. The van der Waals surface area contributed by atoms with Crippen molar-refractivity contribution in [3.8, 4) is 0 Å². The first-order valence-electron chi connectivity index (χ1n) is 6.25. The number of benzene rings is 1. The fourth-order valence-corrected chi connectivity index (χ4v) is 3.18. The number of morpholine rings is 1. The van der Waals surface area contributed by atoms with Crippen LogP contribution in [0.4, 0.5) is 4.39 Å². The minimum atomic E-state index is -0.356. The molecule has 0 spiro atoms. The normalized spacial score (nSPS) is 25.0. The van der Waals surface area contributed by atoms with Gasteiger partial charge in [-0.15, -0.1) is 12.4 Å². The van der Waals surface area contributed by atoms with Gasteiger partial charge < -0.3 is 15.0 Å². The van der Waals surface area contributed by atoms with Gasteiger partial charge in [0.2, 0.25) is 0 Å². The monoisotopic (exact) mass is 364 g/mol. The number of hydrogen-bond acceptors (Lipinski definition) is 3. The van der Waals surface area contributed by atoms with Crippen LogP contribution in [0.1, 0.15) is 10.4 Å². The molecular weight excluding hydrogens is 351 g/mol. The standard InChI is InChI=1S/C13H14BrFN2O2.ClH/c14-10-5-8(15)1-2-9(10)13(18)17-3-4-19-12-7-16-6-11(12)17;/h1-2,5,11-12,16H,3-4,6-7H2;1H/t11-,12+;/m1./s1. The highest BCUT2D eigenvalue weighted by Crippen LogP contribution is 2.24. The van der Waals surface area contributed by atoms with E-state index in [1.165, 1.54) is 18.2 Å². The van der Waals surface area contributed by atoms with Crippen molar-refractivity contribution in [2.75, 3.05) is 26.2 Å². The highest BCUT2D eigenvalue weighted by Gasteiger charge is 2.38. The summed E-state index contributed by atoms with van der Waals surface area (Å²) in [6.07, 6.45) is 0.0666. The Balaban J connectivity index is 0.00000147. The summed E-state index contributed by atoms with van der Waals surface area (Å²) >= 11 is 3.25. The molecule has 4 nitrogen and oxygen atoms in total. The number of ether oxygens (including phenoxy) is 1.